The SMILES string of the molecule is O=C(C=CC(F)(F)F)Nc1ccc2ncnc(N(Cc3ccccc3)c3ccc4[nH]ccc4c3)c2c1. The fraction of sp³-hybridized carbons (Fsp3) is 0.0741. The van der Waals surface area contributed by atoms with Gasteiger partial charge < -0.3 is 15.2 Å². The summed E-state index contributed by atoms with van der Waals surface area (Å²) >= 11 is 0. The summed E-state index contributed by atoms with van der Waals surface area (Å²) in [6, 6.07) is 22.9. The van der Waals surface area contributed by atoms with E-state index in [0.29, 0.717) is 35.0 Å². The maximum Gasteiger partial charge on any atom is 0.409 e. The molecular weight excluding hydrogens is 467 g/mol. The molecule has 9 heteroatoms. The van der Waals surface area contributed by atoms with Gasteiger partial charge >= 0.3 is 6.18 Å². The summed E-state index contributed by atoms with van der Waals surface area (Å²) in [6.07, 6.45) is -0.871. The predicted molar refractivity (Wildman–Crippen MR) is 134 cm³/mol. The number of benzene rings is 3. The normalized spacial score (nSPS) is 11.9. The summed E-state index contributed by atoms with van der Waals surface area (Å²) in [5, 5.41) is 4.15. The molecule has 0 aliphatic rings. The summed E-state index contributed by atoms with van der Waals surface area (Å²) in [5.41, 5.74) is 3.91. The molecule has 0 fully saturated rings. The van der Waals surface area contributed by atoms with Crippen molar-refractivity contribution in [2.75, 3.05) is 10.2 Å². The van der Waals surface area contributed by atoms with Gasteiger partial charge in [0.1, 0.15) is 12.1 Å². The molecule has 2 aromatic heterocycles. The number of H-pyrrole nitrogens is 1. The van der Waals surface area contributed by atoms with Crippen molar-refractivity contribution in [3.8, 4) is 0 Å². The van der Waals surface area contributed by atoms with E-state index in [1.54, 1.807) is 18.2 Å². The van der Waals surface area contributed by atoms with E-state index in [1.807, 2.05) is 59.6 Å². The minimum Gasteiger partial charge on any atom is -0.361 e. The average Bonchev–Trinajstić information content (AvgIpc) is 3.34. The Hall–Kier alpha value is -4.66. The van der Waals surface area contributed by atoms with Gasteiger partial charge in [0.2, 0.25) is 5.91 Å². The van der Waals surface area contributed by atoms with Crippen LogP contribution in [0.1, 0.15) is 5.56 Å². The third-order valence-corrected chi connectivity index (χ3v) is 5.59. The van der Waals surface area contributed by atoms with Crippen LogP contribution in [-0.4, -0.2) is 27.0 Å². The average molecular weight is 487 g/mol. The van der Waals surface area contributed by atoms with E-state index in [4.69, 9.17) is 0 Å². The minimum absolute atomic E-state index is 0.101. The van der Waals surface area contributed by atoms with Gasteiger partial charge in [-0.05, 0) is 48.0 Å². The number of carbonyl (C=O) groups is 1. The molecule has 36 heavy (non-hydrogen) atoms. The Morgan fingerprint density at radius 3 is 2.64 bits per heavy atom. The number of nitrogens with one attached hydrogen (secondary N) is 2. The predicted octanol–water partition coefficient (Wildman–Crippen LogP) is 6.51. The zero-order valence-electron chi connectivity index (χ0n) is 18.8. The van der Waals surface area contributed by atoms with Crippen molar-refractivity contribution in [2.45, 2.75) is 12.7 Å². The Kier molecular flexibility index (Phi) is 6.12. The highest BCUT2D eigenvalue weighted by Crippen LogP contribution is 2.34. The number of hydrogen-bond acceptors (Lipinski definition) is 4. The first kappa shape index (κ1) is 23.1. The van der Waals surface area contributed by atoms with Gasteiger partial charge in [-0.15, -0.1) is 0 Å². The Labute approximate surface area is 204 Å². The second-order valence-electron chi connectivity index (χ2n) is 8.11. The third kappa shape index (κ3) is 5.20. The first-order valence-corrected chi connectivity index (χ1v) is 11.1. The van der Waals surface area contributed by atoms with E-state index in [2.05, 4.69) is 26.3 Å². The highest BCUT2D eigenvalue weighted by Gasteiger charge is 2.22. The van der Waals surface area contributed by atoms with Crippen LogP contribution >= 0.6 is 0 Å². The Morgan fingerprint density at radius 2 is 1.83 bits per heavy atom. The maximum atomic E-state index is 12.4. The van der Waals surface area contributed by atoms with Gasteiger partial charge in [0, 0.05) is 52.6 Å². The van der Waals surface area contributed by atoms with Crippen molar-refractivity contribution in [1.29, 1.82) is 0 Å². The van der Waals surface area contributed by atoms with Crippen LogP contribution in [0.5, 0.6) is 0 Å². The highest BCUT2D eigenvalue weighted by atomic mass is 19.4. The van der Waals surface area contributed by atoms with E-state index in [9.17, 15) is 18.0 Å². The zero-order valence-corrected chi connectivity index (χ0v) is 18.8. The van der Waals surface area contributed by atoms with Gasteiger partial charge in [-0.1, -0.05) is 30.3 Å². The lowest BCUT2D eigenvalue weighted by atomic mass is 10.1. The number of alkyl halides is 3. The number of hydrogen-bond donors (Lipinski definition) is 2. The summed E-state index contributed by atoms with van der Waals surface area (Å²) in [5.74, 6) is -0.287. The third-order valence-electron chi connectivity index (χ3n) is 5.59. The molecule has 2 N–H and O–H groups in total. The number of anilines is 3. The van der Waals surface area contributed by atoms with Crippen molar-refractivity contribution in [1.82, 2.24) is 15.0 Å². The van der Waals surface area contributed by atoms with Gasteiger partial charge in [0.15, 0.2) is 0 Å². The largest absolute Gasteiger partial charge is 0.409 e. The van der Waals surface area contributed by atoms with Crippen molar-refractivity contribution in [2.24, 2.45) is 0 Å². The molecule has 0 aliphatic heterocycles. The molecule has 5 rings (SSSR count). The molecule has 5 aromatic rings. The monoisotopic (exact) mass is 487 g/mol. The number of rotatable bonds is 6. The number of nitrogens with zero attached hydrogens (tertiary/aromatic N) is 3. The van der Waals surface area contributed by atoms with Gasteiger partial charge in [0.25, 0.3) is 0 Å². The van der Waals surface area contributed by atoms with Crippen LogP contribution in [0.3, 0.4) is 0 Å². The second-order valence-corrected chi connectivity index (χ2v) is 8.11. The number of amides is 1. The van der Waals surface area contributed by atoms with Crippen LogP contribution in [-0.2, 0) is 11.3 Å². The van der Waals surface area contributed by atoms with Crippen molar-refractivity contribution in [3.05, 3.63) is 103 Å². The Balaban J connectivity index is 1.57. The molecular formula is C27H20F3N5O. The molecule has 0 saturated carbocycles. The quantitative estimate of drug-likeness (QED) is 0.268. The van der Waals surface area contributed by atoms with Gasteiger partial charge in [-0.2, -0.15) is 13.2 Å². The standard InChI is InChI=1S/C27H20F3N5O/c28-27(29,30)12-10-25(36)34-20-6-8-24-22(15-20)26(33-17-32-24)35(16-18-4-2-1-3-5-18)21-7-9-23-19(14-21)11-13-31-23/h1-15,17,31H,16H2,(H,34,36). The fourth-order valence-corrected chi connectivity index (χ4v) is 3.95. The molecule has 0 aliphatic carbocycles. The topological polar surface area (TPSA) is 73.9 Å². The molecule has 0 atom stereocenters. The summed E-state index contributed by atoms with van der Waals surface area (Å²) in [4.78, 5) is 26.2. The van der Waals surface area contributed by atoms with Gasteiger partial charge in [-0.3, -0.25) is 4.79 Å². The van der Waals surface area contributed by atoms with Crippen molar-refractivity contribution >= 4 is 44.9 Å². The maximum absolute atomic E-state index is 12.4. The molecule has 0 saturated heterocycles. The van der Waals surface area contributed by atoms with E-state index >= 15 is 0 Å². The Bertz CT molecular complexity index is 1560. The van der Waals surface area contributed by atoms with E-state index in [0.717, 1.165) is 22.2 Å². The smallest absolute Gasteiger partial charge is 0.361 e. The molecule has 0 bridgehead atoms. The highest BCUT2D eigenvalue weighted by molar-refractivity contribution is 6.02. The molecule has 6 nitrogen and oxygen atoms in total. The van der Waals surface area contributed by atoms with E-state index in [1.165, 1.54) is 6.33 Å². The van der Waals surface area contributed by atoms with Crippen LogP contribution in [0.4, 0.5) is 30.4 Å². The fourth-order valence-electron chi connectivity index (χ4n) is 3.95. The van der Waals surface area contributed by atoms with Gasteiger partial charge in [-0.25, -0.2) is 9.97 Å². The van der Waals surface area contributed by atoms with Crippen molar-refractivity contribution in [3.63, 3.8) is 0 Å². The molecule has 180 valence electrons. The lowest BCUT2D eigenvalue weighted by Gasteiger charge is -2.25. The summed E-state index contributed by atoms with van der Waals surface area (Å²) in [6.45, 7) is 0.508. The number of aromatic nitrogens is 3. The lowest BCUT2D eigenvalue weighted by molar-refractivity contribution is -0.112. The Morgan fingerprint density at radius 1 is 1.00 bits per heavy atom. The molecule has 0 radical (unpaired) electrons. The van der Waals surface area contributed by atoms with E-state index < -0.39 is 12.1 Å². The zero-order chi connectivity index (χ0) is 25.1. The van der Waals surface area contributed by atoms with E-state index in [-0.39, 0.29) is 6.08 Å². The summed E-state index contributed by atoms with van der Waals surface area (Å²) in [7, 11) is 0. The van der Waals surface area contributed by atoms with Crippen LogP contribution in [0.15, 0.2) is 97.5 Å². The molecule has 0 unspecified atom stereocenters. The summed E-state index contributed by atoms with van der Waals surface area (Å²) < 4.78 is 37.3. The number of carbonyl (C=O) groups excluding carboxylic acids is 1. The van der Waals surface area contributed by atoms with Crippen molar-refractivity contribution < 1.29 is 18.0 Å². The molecule has 0 spiro atoms. The molecule has 2 heterocycles. The van der Waals surface area contributed by atoms with Crippen LogP contribution in [0.25, 0.3) is 21.8 Å². The minimum atomic E-state index is -4.57. The number of aromatic amines is 1. The second kappa shape index (κ2) is 9.53. The van der Waals surface area contributed by atoms with Crippen LogP contribution < -0.4 is 10.2 Å². The first-order chi connectivity index (χ1) is 17.4. The molecule has 1 amide bonds. The van der Waals surface area contributed by atoms with Crippen LogP contribution in [0, 0.1) is 0 Å². The van der Waals surface area contributed by atoms with Crippen LogP contribution in [0.2, 0.25) is 0 Å². The molecule has 3 aromatic carbocycles. The number of fused-ring (bicyclic) bond motifs is 2. The number of halogens is 3. The lowest BCUT2D eigenvalue weighted by Crippen LogP contribution is -2.18. The van der Waals surface area contributed by atoms with Gasteiger partial charge in [0.05, 0.1) is 5.52 Å². The number of allylic oxidation sites excluding steroid dienone is 1. The first-order valence-electron chi connectivity index (χ1n) is 11.1.